The van der Waals surface area contributed by atoms with Crippen LogP contribution >= 0.6 is 0 Å². The molecule has 0 N–H and O–H groups in total. The van der Waals surface area contributed by atoms with E-state index in [-0.39, 0.29) is 11.1 Å². The van der Waals surface area contributed by atoms with E-state index in [1.165, 1.54) is 10.6 Å². The van der Waals surface area contributed by atoms with Gasteiger partial charge < -0.3 is 9.13 Å². The zero-order valence-corrected chi connectivity index (χ0v) is 16.2. The van der Waals surface area contributed by atoms with E-state index in [1.807, 2.05) is 25.3 Å². The Labute approximate surface area is 158 Å². The predicted molar refractivity (Wildman–Crippen MR) is 100 cm³/mol. The van der Waals surface area contributed by atoms with E-state index in [0.717, 1.165) is 29.9 Å². The Morgan fingerprint density at radius 3 is 2.78 bits per heavy atom. The number of imidazole rings is 2. The maximum absolute atomic E-state index is 13.0. The molecule has 0 bridgehead atoms. The van der Waals surface area contributed by atoms with Crippen molar-refractivity contribution in [2.75, 3.05) is 13.1 Å². The van der Waals surface area contributed by atoms with Gasteiger partial charge in [-0.05, 0) is 31.9 Å². The van der Waals surface area contributed by atoms with Gasteiger partial charge in [-0.15, -0.1) is 0 Å². The zero-order valence-electron chi connectivity index (χ0n) is 15.4. The molecule has 1 atom stereocenters. The minimum Gasteiger partial charge on any atom is -0.339 e. The Hall–Kier alpha value is -2.52. The van der Waals surface area contributed by atoms with Crippen LogP contribution < -0.4 is 0 Å². The van der Waals surface area contributed by atoms with Gasteiger partial charge in [0, 0.05) is 62.2 Å². The first-order chi connectivity index (χ1) is 13.0. The van der Waals surface area contributed by atoms with Crippen molar-refractivity contribution in [3.05, 3.63) is 48.9 Å². The van der Waals surface area contributed by atoms with Gasteiger partial charge in [0.15, 0.2) is 5.03 Å². The Morgan fingerprint density at radius 1 is 1.22 bits per heavy atom. The highest BCUT2D eigenvalue weighted by Crippen LogP contribution is 2.31. The largest absolute Gasteiger partial charge is 0.339 e. The SMILES string of the molecule is Cc1cnc(-c2cccnc2)n1C1CCCN(S(=O)(=O)c2cn(C)cn2)C1. The molecule has 0 aromatic carbocycles. The fraction of sp³-hybridized carbons (Fsp3) is 0.389. The normalized spacial score (nSPS) is 18.7. The van der Waals surface area contributed by atoms with Crippen LogP contribution in [-0.2, 0) is 17.1 Å². The van der Waals surface area contributed by atoms with Crippen LogP contribution in [0.15, 0.2) is 48.3 Å². The van der Waals surface area contributed by atoms with Gasteiger partial charge in [-0.1, -0.05) is 0 Å². The molecule has 0 amide bonds. The quantitative estimate of drug-likeness (QED) is 0.685. The van der Waals surface area contributed by atoms with E-state index in [9.17, 15) is 8.42 Å². The van der Waals surface area contributed by atoms with Crippen LogP contribution in [0.1, 0.15) is 24.6 Å². The van der Waals surface area contributed by atoms with Gasteiger partial charge >= 0.3 is 0 Å². The Bertz CT molecular complexity index is 1040. The monoisotopic (exact) mass is 386 g/mol. The average Bonchev–Trinajstić information content (AvgIpc) is 3.29. The molecule has 3 aromatic heterocycles. The summed E-state index contributed by atoms with van der Waals surface area (Å²) in [6, 6.07) is 3.87. The maximum atomic E-state index is 13.0. The van der Waals surface area contributed by atoms with E-state index < -0.39 is 10.0 Å². The molecule has 1 aliphatic rings. The van der Waals surface area contributed by atoms with Crippen molar-refractivity contribution in [3.8, 4) is 11.4 Å². The lowest BCUT2D eigenvalue weighted by molar-refractivity contribution is 0.265. The minimum absolute atomic E-state index is 0.0231. The van der Waals surface area contributed by atoms with Crippen molar-refractivity contribution in [1.82, 2.24) is 28.4 Å². The van der Waals surface area contributed by atoms with Gasteiger partial charge in [0.2, 0.25) is 0 Å². The summed E-state index contributed by atoms with van der Waals surface area (Å²) in [7, 11) is -1.84. The molecular formula is C18H22N6O2S. The van der Waals surface area contributed by atoms with E-state index in [4.69, 9.17) is 0 Å². The first-order valence-electron chi connectivity index (χ1n) is 8.89. The van der Waals surface area contributed by atoms with Crippen LogP contribution in [0, 0.1) is 6.92 Å². The first-order valence-corrected chi connectivity index (χ1v) is 10.3. The number of rotatable bonds is 4. The van der Waals surface area contributed by atoms with Crippen molar-refractivity contribution in [2.24, 2.45) is 7.05 Å². The van der Waals surface area contributed by atoms with Crippen molar-refractivity contribution >= 4 is 10.0 Å². The van der Waals surface area contributed by atoms with Gasteiger partial charge in [-0.3, -0.25) is 4.98 Å². The molecular weight excluding hydrogens is 364 g/mol. The minimum atomic E-state index is -3.60. The third-order valence-electron chi connectivity index (χ3n) is 4.91. The molecule has 9 heteroatoms. The highest BCUT2D eigenvalue weighted by atomic mass is 32.2. The van der Waals surface area contributed by atoms with Crippen molar-refractivity contribution < 1.29 is 8.42 Å². The molecule has 8 nitrogen and oxygen atoms in total. The number of piperidine rings is 1. The third-order valence-corrected chi connectivity index (χ3v) is 6.66. The first kappa shape index (κ1) is 17.9. The Kier molecular flexibility index (Phi) is 4.56. The van der Waals surface area contributed by atoms with Crippen molar-refractivity contribution in [3.63, 3.8) is 0 Å². The lowest BCUT2D eigenvalue weighted by atomic mass is 10.1. The fourth-order valence-corrected chi connectivity index (χ4v) is 5.10. The van der Waals surface area contributed by atoms with E-state index in [1.54, 1.807) is 30.2 Å². The molecule has 142 valence electrons. The summed E-state index contributed by atoms with van der Waals surface area (Å²) in [5.41, 5.74) is 1.94. The number of hydrogen-bond acceptors (Lipinski definition) is 5. The molecule has 1 saturated heterocycles. The second kappa shape index (κ2) is 6.90. The molecule has 0 radical (unpaired) electrons. The summed E-state index contributed by atoms with van der Waals surface area (Å²) in [5, 5.41) is 0.0977. The molecule has 3 aromatic rings. The number of aryl methyl sites for hydroxylation is 2. The molecule has 0 saturated carbocycles. The van der Waals surface area contributed by atoms with Crippen LogP contribution in [0.5, 0.6) is 0 Å². The number of hydrogen-bond donors (Lipinski definition) is 0. The molecule has 4 heterocycles. The van der Waals surface area contributed by atoms with Crippen molar-refractivity contribution in [2.45, 2.75) is 30.8 Å². The smallest absolute Gasteiger partial charge is 0.262 e. The second-order valence-electron chi connectivity index (χ2n) is 6.87. The Morgan fingerprint density at radius 2 is 2.07 bits per heavy atom. The van der Waals surface area contributed by atoms with Crippen molar-refractivity contribution in [1.29, 1.82) is 0 Å². The summed E-state index contributed by atoms with van der Waals surface area (Å²) >= 11 is 0. The predicted octanol–water partition coefficient (Wildman–Crippen LogP) is 2.01. The molecule has 0 aliphatic carbocycles. The highest BCUT2D eigenvalue weighted by molar-refractivity contribution is 7.89. The standard InChI is InChI=1S/C18H22N6O2S/c1-14-9-20-18(15-5-3-7-19-10-15)24(14)16-6-4-8-23(11-16)27(25,26)17-12-22(2)13-21-17/h3,5,7,9-10,12-13,16H,4,6,8,11H2,1-2H3. The summed E-state index contributed by atoms with van der Waals surface area (Å²) in [6.07, 6.45) is 10.1. The summed E-state index contributed by atoms with van der Waals surface area (Å²) < 4.78 is 31.3. The third kappa shape index (κ3) is 3.28. The molecule has 4 rings (SSSR count). The van der Waals surface area contributed by atoms with E-state index in [2.05, 4.69) is 19.5 Å². The van der Waals surface area contributed by atoms with Crippen LogP contribution in [0.25, 0.3) is 11.4 Å². The molecule has 1 aliphatic heterocycles. The highest BCUT2D eigenvalue weighted by Gasteiger charge is 2.33. The number of aromatic nitrogens is 5. The second-order valence-corrected chi connectivity index (χ2v) is 8.76. The van der Waals surface area contributed by atoms with E-state index >= 15 is 0 Å². The maximum Gasteiger partial charge on any atom is 0.262 e. The van der Waals surface area contributed by atoms with Gasteiger partial charge in [0.25, 0.3) is 10.0 Å². The van der Waals surface area contributed by atoms with Gasteiger partial charge in [0.05, 0.1) is 6.33 Å². The van der Waals surface area contributed by atoms with Gasteiger partial charge in [0.1, 0.15) is 5.82 Å². The average molecular weight is 386 g/mol. The fourth-order valence-electron chi connectivity index (χ4n) is 3.62. The lowest BCUT2D eigenvalue weighted by Crippen LogP contribution is -2.41. The molecule has 1 unspecified atom stereocenters. The van der Waals surface area contributed by atoms with Gasteiger partial charge in [-0.2, -0.15) is 4.31 Å². The summed E-state index contributed by atoms with van der Waals surface area (Å²) in [4.78, 5) is 12.8. The van der Waals surface area contributed by atoms with Gasteiger partial charge in [-0.25, -0.2) is 18.4 Å². The number of sulfonamides is 1. The number of nitrogens with zero attached hydrogens (tertiary/aromatic N) is 6. The van der Waals surface area contributed by atoms with Crippen LogP contribution in [0.4, 0.5) is 0 Å². The topological polar surface area (TPSA) is 85.9 Å². The van der Waals surface area contributed by atoms with Crippen LogP contribution in [-0.4, -0.2) is 49.9 Å². The van der Waals surface area contributed by atoms with E-state index in [0.29, 0.717) is 13.1 Å². The summed E-state index contributed by atoms with van der Waals surface area (Å²) in [6.45, 7) is 2.91. The molecule has 27 heavy (non-hydrogen) atoms. The van der Waals surface area contributed by atoms with Crippen LogP contribution in [0.2, 0.25) is 0 Å². The zero-order chi connectivity index (χ0) is 19.0. The Balaban J connectivity index is 1.66. The van der Waals surface area contributed by atoms with Crippen LogP contribution in [0.3, 0.4) is 0 Å². The lowest BCUT2D eigenvalue weighted by Gasteiger charge is -2.33. The summed E-state index contributed by atoms with van der Waals surface area (Å²) in [5.74, 6) is 0.822. The molecule has 1 fully saturated rings. The number of pyridine rings is 1. The molecule has 0 spiro atoms.